The van der Waals surface area contributed by atoms with Crippen LogP contribution in [0.2, 0.25) is 10.2 Å². The van der Waals surface area contributed by atoms with Crippen molar-refractivity contribution in [3.63, 3.8) is 0 Å². The standard InChI is InChI=1S/C17H15Cl2FN4O2/c1-10-15(18)16(19)24(22-10)8-2-7-21-17(25)13-9-14(26-23-13)11-3-5-12(20)6-4-11/h3-6,9H,2,7-8H2,1H3,(H,21,25). The Morgan fingerprint density at radius 2 is 2.04 bits per heavy atom. The zero-order valence-electron chi connectivity index (χ0n) is 13.8. The van der Waals surface area contributed by atoms with E-state index in [2.05, 4.69) is 15.6 Å². The summed E-state index contributed by atoms with van der Waals surface area (Å²) >= 11 is 12.0. The number of aromatic nitrogens is 3. The molecule has 6 nitrogen and oxygen atoms in total. The van der Waals surface area contributed by atoms with Crippen LogP contribution in [0.4, 0.5) is 4.39 Å². The molecule has 0 atom stereocenters. The van der Waals surface area contributed by atoms with E-state index in [-0.39, 0.29) is 17.4 Å². The summed E-state index contributed by atoms with van der Waals surface area (Å²) in [4.78, 5) is 12.1. The molecule has 3 aromatic rings. The van der Waals surface area contributed by atoms with Crippen molar-refractivity contribution in [1.29, 1.82) is 0 Å². The number of rotatable bonds is 6. The highest BCUT2D eigenvalue weighted by molar-refractivity contribution is 6.41. The van der Waals surface area contributed by atoms with Gasteiger partial charge in [-0.15, -0.1) is 0 Å². The van der Waals surface area contributed by atoms with Gasteiger partial charge in [0.15, 0.2) is 11.5 Å². The topological polar surface area (TPSA) is 73.0 Å². The Balaban J connectivity index is 1.52. The van der Waals surface area contributed by atoms with Crippen molar-refractivity contribution in [2.75, 3.05) is 6.54 Å². The molecular weight excluding hydrogens is 382 g/mol. The molecule has 0 unspecified atom stereocenters. The molecule has 0 fully saturated rings. The number of amides is 1. The summed E-state index contributed by atoms with van der Waals surface area (Å²) in [6, 6.07) is 7.24. The fraction of sp³-hybridized carbons (Fsp3) is 0.235. The zero-order valence-corrected chi connectivity index (χ0v) is 15.3. The molecule has 0 saturated carbocycles. The van der Waals surface area contributed by atoms with E-state index < -0.39 is 0 Å². The minimum atomic E-state index is -0.358. The molecule has 0 aliphatic rings. The molecule has 2 heterocycles. The minimum absolute atomic E-state index is 0.153. The Kier molecular flexibility index (Phi) is 5.58. The van der Waals surface area contributed by atoms with Crippen molar-refractivity contribution in [2.45, 2.75) is 19.9 Å². The molecule has 0 spiro atoms. The van der Waals surface area contributed by atoms with Crippen LogP contribution < -0.4 is 5.32 Å². The van der Waals surface area contributed by atoms with Gasteiger partial charge in [-0.2, -0.15) is 5.10 Å². The predicted molar refractivity (Wildman–Crippen MR) is 95.8 cm³/mol. The van der Waals surface area contributed by atoms with Gasteiger partial charge in [0.05, 0.1) is 5.69 Å². The summed E-state index contributed by atoms with van der Waals surface area (Å²) in [7, 11) is 0. The van der Waals surface area contributed by atoms with Gasteiger partial charge in [0.1, 0.15) is 16.0 Å². The number of hydrogen-bond acceptors (Lipinski definition) is 4. The third-order valence-corrected chi connectivity index (χ3v) is 4.63. The summed E-state index contributed by atoms with van der Waals surface area (Å²) in [6.07, 6.45) is 0.617. The largest absolute Gasteiger partial charge is 0.355 e. The molecule has 2 aromatic heterocycles. The Bertz CT molecular complexity index is 921. The second kappa shape index (κ2) is 7.88. The van der Waals surface area contributed by atoms with Crippen LogP contribution >= 0.6 is 23.2 Å². The number of carbonyl (C=O) groups is 1. The van der Waals surface area contributed by atoms with E-state index in [0.29, 0.717) is 46.7 Å². The fourth-order valence-electron chi connectivity index (χ4n) is 2.33. The van der Waals surface area contributed by atoms with Crippen LogP contribution in [0.25, 0.3) is 11.3 Å². The Hall–Kier alpha value is -2.38. The molecule has 1 amide bonds. The molecule has 0 bridgehead atoms. The van der Waals surface area contributed by atoms with Crippen LogP contribution in [0.3, 0.4) is 0 Å². The molecule has 0 aliphatic carbocycles. The second-order valence-electron chi connectivity index (χ2n) is 5.61. The number of aryl methyl sites for hydroxylation is 2. The molecule has 1 aromatic carbocycles. The number of nitrogens with zero attached hydrogens (tertiary/aromatic N) is 3. The quantitative estimate of drug-likeness (QED) is 0.636. The third-order valence-electron chi connectivity index (χ3n) is 3.70. The molecule has 3 rings (SSSR count). The average Bonchev–Trinajstić information content (AvgIpc) is 3.21. The van der Waals surface area contributed by atoms with Gasteiger partial charge in [-0.1, -0.05) is 28.4 Å². The fourth-order valence-corrected chi connectivity index (χ4v) is 2.73. The molecule has 26 heavy (non-hydrogen) atoms. The van der Waals surface area contributed by atoms with E-state index in [9.17, 15) is 9.18 Å². The number of carbonyl (C=O) groups excluding carboxylic acids is 1. The Labute approximate surface area is 158 Å². The maximum atomic E-state index is 12.9. The third kappa shape index (κ3) is 4.05. The van der Waals surface area contributed by atoms with E-state index >= 15 is 0 Å². The average molecular weight is 397 g/mol. The number of hydrogen-bond donors (Lipinski definition) is 1. The normalized spacial score (nSPS) is 10.9. The highest BCUT2D eigenvalue weighted by atomic mass is 35.5. The van der Waals surface area contributed by atoms with Crippen LogP contribution in [-0.4, -0.2) is 27.4 Å². The van der Waals surface area contributed by atoms with Crippen molar-refractivity contribution in [2.24, 2.45) is 0 Å². The van der Waals surface area contributed by atoms with E-state index in [1.165, 1.54) is 18.2 Å². The van der Waals surface area contributed by atoms with Gasteiger partial charge < -0.3 is 9.84 Å². The molecule has 0 saturated heterocycles. The highest BCUT2D eigenvalue weighted by Gasteiger charge is 2.14. The van der Waals surface area contributed by atoms with Crippen LogP contribution in [0.15, 0.2) is 34.9 Å². The highest BCUT2D eigenvalue weighted by Crippen LogP contribution is 2.25. The van der Waals surface area contributed by atoms with Gasteiger partial charge in [-0.3, -0.25) is 9.48 Å². The summed E-state index contributed by atoms with van der Waals surface area (Å²) in [5.74, 6) is -0.313. The maximum absolute atomic E-state index is 12.9. The van der Waals surface area contributed by atoms with Gasteiger partial charge in [0, 0.05) is 24.7 Å². The SMILES string of the molecule is Cc1nn(CCCNC(=O)c2cc(-c3ccc(F)cc3)on2)c(Cl)c1Cl. The smallest absolute Gasteiger partial charge is 0.273 e. The first-order valence-electron chi connectivity index (χ1n) is 7.85. The van der Waals surface area contributed by atoms with E-state index in [1.807, 2.05) is 0 Å². The first kappa shape index (κ1) is 18.4. The molecule has 0 radical (unpaired) electrons. The Morgan fingerprint density at radius 3 is 2.69 bits per heavy atom. The van der Waals surface area contributed by atoms with Crippen LogP contribution in [0.1, 0.15) is 22.6 Å². The molecule has 9 heteroatoms. The molecule has 1 N–H and O–H groups in total. The molecule has 0 aliphatic heterocycles. The summed E-state index contributed by atoms with van der Waals surface area (Å²) in [5.41, 5.74) is 1.45. The number of halogens is 3. The summed E-state index contributed by atoms with van der Waals surface area (Å²) < 4.78 is 19.7. The van der Waals surface area contributed by atoms with Crippen molar-refractivity contribution < 1.29 is 13.7 Å². The lowest BCUT2D eigenvalue weighted by Crippen LogP contribution is -2.25. The second-order valence-corrected chi connectivity index (χ2v) is 6.34. The van der Waals surface area contributed by atoms with Gasteiger partial charge >= 0.3 is 0 Å². The van der Waals surface area contributed by atoms with Gasteiger partial charge in [-0.25, -0.2) is 4.39 Å². The van der Waals surface area contributed by atoms with E-state index in [1.54, 1.807) is 23.7 Å². The minimum Gasteiger partial charge on any atom is -0.355 e. The summed E-state index contributed by atoms with van der Waals surface area (Å²) in [5, 5.41) is 11.5. The Morgan fingerprint density at radius 1 is 1.31 bits per heavy atom. The van der Waals surface area contributed by atoms with Crippen molar-refractivity contribution in [3.8, 4) is 11.3 Å². The lowest BCUT2D eigenvalue weighted by atomic mass is 10.1. The van der Waals surface area contributed by atoms with Crippen molar-refractivity contribution >= 4 is 29.1 Å². The molecule has 136 valence electrons. The van der Waals surface area contributed by atoms with Gasteiger partial charge in [0.25, 0.3) is 5.91 Å². The van der Waals surface area contributed by atoms with Gasteiger partial charge in [-0.05, 0) is 37.6 Å². The number of nitrogens with one attached hydrogen (secondary N) is 1. The van der Waals surface area contributed by atoms with Crippen LogP contribution in [-0.2, 0) is 6.54 Å². The first-order valence-corrected chi connectivity index (χ1v) is 8.60. The van der Waals surface area contributed by atoms with Crippen molar-refractivity contribution in [1.82, 2.24) is 20.3 Å². The lowest BCUT2D eigenvalue weighted by Gasteiger charge is -2.04. The van der Waals surface area contributed by atoms with E-state index in [4.69, 9.17) is 27.7 Å². The van der Waals surface area contributed by atoms with Gasteiger partial charge in [0.2, 0.25) is 0 Å². The zero-order chi connectivity index (χ0) is 18.7. The maximum Gasteiger partial charge on any atom is 0.273 e. The number of benzene rings is 1. The first-order chi connectivity index (χ1) is 12.5. The summed E-state index contributed by atoms with van der Waals surface area (Å²) in [6.45, 7) is 2.70. The van der Waals surface area contributed by atoms with Crippen LogP contribution in [0.5, 0.6) is 0 Å². The monoisotopic (exact) mass is 396 g/mol. The molecular formula is C17H15Cl2FN4O2. The predicted octanol–water partition coefficient (Wildman–Crippen LogP) is 4.11. The van der Waals surface area contributed by atoms with Crippen LogP contribution in [0, 0.1) is 12.7 Å². The lowest BCUT2D eigenvalue weighted by molar-refractivity contribution is 0.0943. The van der Waals surface area contributed by atoms with Crippen molar-refractivity contribution in [3.05, 3.63) is 57.7 Å². The van der Waals surface area contributed by atoms with E-state index in [0.717, 1.165) is 0 Å².